The third-order valence-corrected chi connectivity index (χ3v) is 3.92. The summed E-state index contributed by atoms with van der Waals surface area (Å²) >= 11 is 0. The Labute approximate surface area is 125 Å². The molecule has 21 heavy (non-hydrogen) atoms. The minimum atomic E-state index is -0.395. The largest absolute Gasteiger partial charge is 0.354 e. The molecule has 0 saturated heterocycles. The van der Waals surface area contributed by atoms with E-state index < -0.39 is 6.04 Å². The highest BCUT2D eigenvalue weighted by molar-refractivity contribution is 5.87. The number of pyridine rings is 1. The van der Waals surface area contributed by atoms with E-state index in [1.165, 1.54) is 6.92 Å². The molecule has 1 fully saturated rings. The first-order valence-electron chi connectivity index (χ1n) is 7.61. The molecule has 2 amide bonds. The molecule has 5 nitrogen and oxygen atoms in total. The number of amides is 2. The van der Waals surface area contributed by atoms with E-state index in [0.29, 0.717) is 13.0 Å². The zero-order chi connectivity index (χ0) is 15.1. The highest BCUT2D eigenvalue weighted by Crippen LogP contribution is 2.27. The molecule has 1 aromatic rings. The Kier molecular flexibility index (Phi) is 5.72. The maximum absolute atomic E-state index is 12.3. The van der Waals surface area contributed by atoms with E-state index in [-0.39, 0.29) is 17.7 Å². The predicted octanol–water partition coefficient (Wildman–Crippen LogP) is 1.44. The first-order chi connectivity index (χ1) is 10.2. The van der Waals surface area contributed by atoms with Crippen molar-refractivity contribution in [3.63, 3.8) is 0 Å². The minimum absolute atomic E-state index is 0.0759. The van der Waals surface area contributed by atoms with Gasteiger partial charge in [0.25, 0.3) is 0 Å². The van der Waals surface area contributed by atoms with E-state index in [1.54, 1.807) is 6.20 Å². The van der Waals surface area contributed by atoms with Gasteiger partial charge in [-0.3, -0.25) is 14.6 Å². The van der Waals surface area contributed by atoms with Crippen LogP contribution < -0.4 is 10.6 Å². The smallest absolute Gasteiger partial charge is 0.242 e. The quantitative estimate of drug-likeness (QED) is 0.832. The topological polar surface area (TPSA) is 71.1 Å². The van der Waals surface area contributed by atoms with E-state index >= 15 is 0 Å². The number of carbonyl (C=O) groups excluding carboxylic acids is 2. The molecule has 1 heterocycles. The van der Waals surface area contributed by atoms with Crippen molar-refractivity contribution in [2.45, 2.75) is 45.1 Å². The van der Waals surface area contributed by atoms with Crippen LogP contribution in [0, 0.1) is 5.92 Å². The summed E-state index contributed by atoms with van der Waals surface area (Å²) in [6.07, 6.45) is 6.75. The molecule has 0 aromatic carbocycles. The van der Waals surface area contributed by atoms with Crippen LogP contribution in [0.25, 0.3) is 0 Å². The fourth-order valence-electron chi connectivity index (χ4n) is 2.88. The summed E-state index contributed by atoms with van der Waals surface area (Å²) in [6.45, 7) is 2.00. The molecule has 1 atom stereocenters. The molecular formula is C16H23N3O2. The molecule has 1 saturated carbocycles. The lowest BCUT2D eigenvalue weighted by molar-refractivity contribution is -0.129. The summed E-state index contributed by atoms with van der Waals surface area (Å²) in [7, 11) is 0. The van der Waals surface area contributed by atoms with E-state index in [2.05, 4.69) is 15.6 Å². The molecule has 0 radical (unpaired) electrons. The van der Waals surface area contributed by atoms with Crippen LogP contribution in [0.15, 0.2) is 24.4 Å². The van der Waals surface area contributed by atoms with Crippen molar-refractivity contribution < 1.29 is 9.59 Å². The second-order valence-corrected chi connectivity index (χ2v) is 5.58. The SMILES string of the molecule is CC(=O)NC(C(=O)NCCc1ccccn1)C1CCCC1. The van der Waals surface area contributed by atoms with Crippen LogP contribution in [0.5, 0.6) is 0 Å². The third-order valence-electron chi connectivity index (χ3n) is 3.92. The van der Waals surface area contributed by atoms with Gasteiger partial charge in [-0.05, 0) is 30.9 Å². The Morgan fingerprint density at radius 2 is 2.10 bits per heavy atom. The lowest BCUT2D eigenvalue weighted by atomic mass is 9.97. The Bertz CT molecular complexity index is 470. The van der Waals surface area contributed by atoms with Gasteiger partial charge in [-0.2, -0.15) is 0 Å². The first-order valence-corrected chi connectivity index (χ1v) is 7.61. The van der Waals surface area contributed by atoms with Crippen molar-refractivity contribution in [1.29, 1.82) is 0 Å². The number of hydrogen-bond donors (Lipinski definition) is 2. The Morgan fingerprint density at radius 1 is 1.33 bits per heavy atom. The molecular weight excluding hydrogens is 266 g/mol. The minimum Gasteiger partial charge on any atom is -0.354 e. The van der Waals surface area contributed by atoms with Gasteiger partial charge in [-0.1, -0.05) is 18.9 Å². The number of carbonyl (C=O) groups is 2. The predicted molar refractivity (Wildman–Crippen MR) is 80.5 cm³/mol. The normalized spacial score (nSPS) is 16.4. The average molecular weight is 289 g/mol. The molecule has 0 bridgehead atoms. The van der Waals surface area contributed by atoms with Gasteiger partial charge in [0.05, 0.1) is 0 Å². The van der Waals surface area contributed by atoms with Gasteiger partial charge in [0.15, 0.2) is 0 Å². The highest BCUT2D eigenvalue weighted by atomic mass is 16.2. The van der Waals surface area contributed by atoms with Gasteiger partial charge >= 0.3 is 0 Å². The molecule has 2 N–H and O–H groups in total. The number of rotatable bonds is 6. The van der Waals surface area contributed by atoms with Crippen molar-refractivity contribution >= 4 is 11.8 Å². The van der Waals surface area contributed by atoms with E-state index in [9.17, 15) is 9.59 Å². The summed E-state index contributed by atoms with van der Waals surface area (Å²) in [6, 6.07) is 5.35. The van der Waals surface area contributed by atoms with Crippen LogP contribution in [0.4, 0.5) is 0 Å². The third kappa shape index (κ3) is 4.85. The van der Waals surface area contributed by atoms with Crippen LogP contribution in [-0.2, 0) is 16.0 Å². The molecule has 0 spiro atoms. The van der Waals surface area contributed by atoms with Crippen molar-refractivity contribution in [3.8, 4) is 0 Å². The fraction of sp³-hybridized carbons (Fsp3) is 0.562. The van der Waals surface area contributed by atoms with Gasteiger partial charge in [-0.15, -0.1) is 0 Å². The van der Waals surface area contributed by atoms with Gasteiger partial charge in [0.1, 0.15) is 6.04 Å². The Balaban J connectivity index is 1.84. The lowest BCUT2D eigenvalue weighted by Gasteiger charge is -2.23. The van der Waals surface area contributed by atoms with Crippen LogP contribution >= 0.6 is 0 Å². The number of aromatic nitrogens is 1. The molecule has 5 heteroatoms. The van der Waals surface area contributed by atoms with Gasteiger partial charge in [0.2, 0.25) is 11.8 Å². The fourth-order valence-corrected chi connectivity index (χ4v) is 2.88. The van der Waals surface area contributed by atoms with Crippen molar-refractivity contribution in [1.82, 2.24) is 15.6 Å². The Morgan fingerprint density at radius 3 is 2.71 bits per heavy atom. The molecule has 1 aliphatic carbocycles. The molecule has 114 valence electrons. The molecule has 1 unspecified atom stereocenters. The Hall–Kier alpha value is -1.91. The molecule has 1 aromatic heterocycles. The summed E-state index contributed by atoms with van der Waals surface area (Å²) in [5.74, 6) is 0.0450. The van der Waals surface area contributed by atoms with E-state index in [1.807, 2.05) is 18.2 Å². The summed E-state index contributed by atoms with van der Waals surface area (Å²) < 4.78 is 0. The van der Waals surface area contributed by atoms with Crippen LogP contribution in [0.2, 0.25) is 0 Å². The van der Waals surface area contributed by atoms with Crippen LogP contribution in [0.3, 0.4) is 0 Å². The standard InChI is InChI=1S/C16H23N3O2/c1-12(20)19-15(13-6-2-3-7-13)16(21)18-11-9-14-8-4-5-10-17-14/h4-5,8,10,13,15H,2-3,6-7,9,11H2,1H3,(H,18,21)(H,19,20). The molecule has 0 aliphatic heterocycles. The number of nitrogens with zero attached hydrogens (tertiary/aromatic N) is 1. The zero-order valence-corrected chi connectivity index (χ0v) is 12.5. The monoisotopic (exact) mass is 289 g/mol. The number of hydrogen-bond acceptors (Lipinski definition) is 3. The molecule has 1 aliphatic rings. The van der Waals surface area contributed by atoms with Crippen LogP contribution in [-0.4, -0.2) is 29.4 Å². The maximum atomic E-state index is 12.3. The lowest BCUT2D eigenvalue weighted by Crippen LogP contribution is -2.50. The first kappa shape index (κ1) is 15.5. The van der Waals surface area contributed by atoms with Gasteiger partial charge in [-0.25, -0.2) is 0 Å². The van der Waals surface area contributed by atoms with Crippen molar-refractivity contribution in [2.75, 3.05) is 6.54 Å². The average Bonchev–Trinajstić information content (AvgIpc) is 2.99. The summed E-state index contributed by atoms with van der Waals surface area (Å²) in [4.78, 5) is 27.8. The summed E-state index contributed by atoms with van der Waals surface area (Å²) in [5.41, 5.74) is 0.953. The number of nitrogens with one attached hydrogen (secondary N) is 2. The van der Waals surface area contributed by atoms with E-state index in [0.717, 1.165) is 31.4 Å². The second-order valence-electron chi connectivity index (χ2n) is 5.58. The maximum Gasteiger partial charge on any atom is 0.242 e. The van der Waals surface area contributed by atoms with E-state index in [4.69, 9.17) is 0 Å². The van der Waals surface area contributed by atoms with Crippen molar-refractivity contribution in [3.05, 3.63) is 30.1 Å². The van der Waals surface area contributed by atoms with Gasteiger partial charge < -0.3 is 10.6 Å². The zero-order valence-electron chi connectivity index (χ0n) is 12.5. The highest BCUT2D eigenvalue weighted by Gasteiger charge is 2.30. The van der Waals surface area contributed by atoms with Gasteiger partial charge in [0, 0.05) is 31.8 Å². The van der Waals surface area contributed by atoms with Crippen LogP contribution in [0.1, 0.15) is 38.3 Å². The summed E-state index contributed by atoms with van der Waals surface area (Å²) in [5, 5.41) is 5.72. The molecule has 2 rings (SSSR count). The van der Waals surface area contributed by atoms with Crippen molar-refractivity contribution in [2.24, 2.45) is 5.92 Å². The second kappa shape index (κ2) is 7.76.